The van der Waals surface area contributed by atoms with Crippen molar-refractivity contribution in [1.82, 2.24) is 4.98 Å². The zero-order valence-corrected chi connectivity index (χ0v) is 16.8. The largest absolute Gasteiger partial charge is 0.486 e. The average Bonchev–Trinajstić information content (AvgIpc) is 2.99. The Morgan fingerprint density at radius 2 is 1.83 bits per heavy atom. The molecule has 1 aliphatic heterocycles. The molecule has 2 heterocycles. The van der Waals surface area contributed by atoms with Crippen LogP contribution in [0.25, 0.3) is 6.08 Å². The topological polar surface area (TPSA) is 94.7 Å². The average molecular weight is 397 g/mol. The lowest BCUT2D eigenvalue weighted by Gasteiger charge is -2.18. The van der Waals surface area contributed by atoms with Crippen LogP contribution < -0.4 is 9.47 Å². The third-order valence-electron chi connectivity index (χ3n) is 4.68. The molecule has 0 saturated carbocycles. The van der Waals surface area contributed by atoms with E-state index in [4.69, 9.17) is 14.2 Å². The van der Waals surface area contributed by atoms with Crippen LogP contribution in [0.3, 0.4) is 0 Å². The number of esters is 1. The van der Waals surface area contributed by atoms with E-state index in [9.17, 15) is 14.4 Å². The van der Waals surface area contributed by atoms with Crippen LogP contribution in [0.4, 0.5) is 0 Å². The summed E-state index contributed by atoms with van der Waals surface area (Å²) in [6.07, 6.45) is 1.84. The number of hydrogen-bond acceptors (Lipinski definition) is 6. The van der Waals surface area contributed by atoms with E-state index >= 15 is 0 Å². The van der Waals surface area contributed by atoms with Gasteiger partial charge in [0.05, 0.1) is 5.69 Å². The molecule has 3 rings (SSSR count). The minimum absolute atomic E-state index is 0.123. The van der Waals surface area contributed by atoms with Crippen molar-refractivity contribution >= 4 is 23.6 Å². The quantitative estimate of drug-likeness (QED) is 0.456. The Bertz CT molecular complexity index is 1000. The van der Waals surface area contributed by atoms with Crippen LogP contribution in [0.1, 0.15) is 51.5 Å². The van der Waals surface area contributed by atoms with Crippen molar-refractivity contribution in [2.24, 2.45) is 0 Å². The molecule has 0 bridgehead atoms. The number of Topliss-reactive ketones (excluding diaryl/α,β-unsaturated/α-hetero) is 2. The highest BCUT2D eigenvalue weighted by atomic mass is 16.6. The van der Waals surface area contributed by atoms with Gasteiger partial charge in [-0.1, -0.05) is 6.07 Å². The summed E-state index contributed by atoms with van der Waals surface area (Å²) >= 11 is 0. The Kier molecular flexibility index (Phi) is 5.87. The smallest absolute Gasteiger partial charge is 0.331 e. The Balaban J connectivity index is 1.66. The summed E-state index contributed by atoms with van der Waals surface area (Å²) in [4.78, 5) is 39.5. The number of carbonyl (C=O) groups is 3. The number of H-pyrrole nitrogens is 1. The molecule has 0 fully saturated rings. The fourth-order valence-corrected chi connectivity index (χ4v) is 3.32. The third-order valence-corrected chi connectivity index (χ3v) is 4.68. The molecule has 0 amide bonds. The third kappa shape index (κ3) is 4.39. The maximum Gasteiger partial charge on any atom is 0.331 e. The predicted octanol–water partition coefficient (Wildman–Crippen LogP) is 3.43. The van der Waals surface area contributed by atoms with Gasteiger partial charge < -0.3 is 19.2 Å². The maximum atomic E-state index is 12.6. The lowest BCUT2D eigenvalue weighted by molar-refractivity contribution is -0.140. The van der Waals surface area contributed by atoms with Crippen molar-refractivity contribution in [2.45, 2.75) is 33.8 Å². The van der Waals surface area contributed by atoms with Crippen molar-refractivity contribution < 1.29 is 28.6 Å². The van der Waals surface area contributed by atoms with Crippen LogP contribution in [-0.2, 0) is 9.53 Å². The molecular weight excluding hydrogens is 374 g/mol. The molecule has 1 aliphatic rings. The Hall–Kier alpha value is -3.35. The molecule has 1 N–H and O–H groups in total. The zero-order chi connectivity index (χ0) is 21.1. The lowest BCUT2D eigenvalue weighted by Crippen LogP contribution is -2.24. The number of aromatic amines is 1. The van der Waals surface area contributed by atoms with Crippen LogP contribution >= 0.6 is 0 Å². The van der Waals surface area contributed by atoms with Crippen molar-refractivity contribution in [1.29, 1.82) is 0 Å². The van der Waals surface area contributed by atoms with Crippen LogP contribution in [0, 0.1) is 13.8 Å². The minimum Gasteiger partial charge on any atom is -0.486 e. The van der Waals surface area contributed by atoms with E-state index < -0.39 is 12.1 Å². The van der Waals surface area contributed by atoms with Gasteiger partial charge in [0.15, 0.2) is 23.4 Å². The Labute approximate surface area is 168 Å². The van der Waals surface area contributed by atoms with Crippen LogP contribution in [-0.4, -0.2) is 41.8 Å². The maximum absolute atomic E-state index is 12.6. The van der Waals surface area contributed by atoms with Crippen molar-refractivity contribution in [3.8, 4) is 11.5 Å². The fraction of sp³-hybridized carbons (Fsp3) is 0.318. The van der Waals surface area contributed by atoms with E-state index in [1.54, 1.807) is 38.1 Å². The minimum atomic E-state index is -0.996. The summed E-state index contributed by atoms with van der Waals surface area (Å²) in [6.45, 7) is 7.36. The van der Waals surface area contributed by atoms with Gasteiger partial charge >= 0.3 is 5.97 Å². The number of rotatable bonds is 6. The molecule has 1 aromatic heterocycles. The van der Waals surface area contributed by atoms with Gasteiger partial charge in [-0.2, -0.15) is 0 Å². The van der Waals surface area contributed by atoms with Gasteiger partial charge in [-0.05, 0) is 57.0 Å². The predicted molar refractivity (Wildman–Crippen MR) is 107 cm³/mol. The number of aryl methyl sites for hydroxylation is 1. The van der Waals surface area contributed by atoms with Gasteiger partial charge in [0, 0.05) is 17.3 Å². The number of aromatic nitrogens is 1. The Morgan fingerprint density at radius 1 is 1.14 bits per heavy atom. The molecule has 0 radical (unpaired) electrons. The van der Waals surface area contributed by atoms with Crippen LogP contribution in [0.2, 0.25) is 0 Å². The molecule has 1 aromatic carbocycles. The zero-order valence-electron chi connectivity index (χ0n) is 16.8. The molecule has 0 aliphatic carbocycles. The SMILES string of the molecule is CC(=O)c1c(C)[nH]c(C(=O)C(C)OC(=O)/C=C/c2ccc3c(c2)OCCO3)c1C. The van der Waals surface area contributed by atoms with Crippen LogP contribution in [0.15, 0.2) is 24.3 Å². The molecule has 7 nitrogen and oxygen atoms in total. The number of benzene rings is 1. The van der Waals surface area contributed by atoms with Crippen molar-refractivity contribution in [3.63, 3.8) is 0 Å². The van der Waals surface area contributed by atoms with Crippen molar-refractivity contribution in [3.05, 3.63) is 52.4 Å². The normalized spacial score (nSPS) is 13.9. The second-order valence-electron chi connectivity index (χ2n) is 6.86. The first-order valence-electron chi connectivity index (χ1n) is 9.30. The van der Waals surface area contributed by atoms with E-state index in [2.05, 4.69) is 4.98 Å². The summed E-state index contributed by atoms with van der Waals surface area (Å²) in [7, 11) is 0. The molecule has 0 saturated heterocycles. The molecule has 2 aromatic rings. The summed E-state index contributed by atoms with van der Waals surface area (Å²) in [5, 5.41) is 0. The summed E-state index contributed by atoms with van der Waals surface area (Å²) in [5.41, 5.74) is 2.70. The van der Waals surface area contributed by atoms with E-state index in [0.717, 1.165) is 5.56 Å². The van der Waals surface area contributed by atoms with Crippen LogP contribution in [0.5, 0.6) is 11.5 Å². The standard InChI is InChI=1S/C22H23NO6/c1-12-20(14(3)24)13(2)23-21(12)22(26)15(4)29-19(25)8-6-16-5-7-17-18(11-16)28-10-9-27-17/h5-8,11,15,23H,9-10H2,1-4H3/b8-6+. The Morgan fingerprint density at radius 3 is 2.48 bits per heavy atom. The van der Waals surface area contributed by atoms with Crippen molar-refractivity contribution in [2.75, 3.05) is 13.2 Å². The number of ether oxygens (including phenoxy) is 3. The van der Waals surface area contributed by atoms with Gasteiger partial charge in [-0.25, -0.2) is 4.79 Å². The lowest BCUT2D eigenvalue weighted by atomic mass is 10.0. The number of nitrogens with one attached hydrogen (secondary N) is 1. The second-order valence-corrected chi connectivity index (χ2v) is 6.86. The van der Waals surface area contributed by atoms with E-state index in [1.165, 1.54) is 19.9 Å². The number of carbonyl (C=O) groups excluding carboxylic acids is 3. The molecule has 7 heteroatoms. The molecule has 29 heavy (non-hydrogen) atoms. The summed E-state index contributed by atoms with van der Waals surface area (Å²) < 4.78 is 16.2. The summed E-state index contributed by atoms with van der Waals surface area (Å²) in [6, 6.07) is 5.33. The first-order chi connectivity index (χ1) is 13.8. The first kappa shape index (κ1) is 20.4. The monoisotopic (exact) mass is 397 g/mol. The summed E-state index contributed by atoms with van der Waals surface area (Å²) in [5.74, 6) is 0.126. The number of fused-ring (bicyclic) bond motifs is 1. The molecule has 0 spiro atoms. The molecule has 1 unspecified atom stereocenters. The molecule has 152 valence electrons. The van der Waals surface area contributed by atoms with Gasteiger partial charge in [-0.15, -0.1) is 0 Å². The van der Waals surface area contributed by atoms with E-state index in [-0.39, 0.29) is 17.3 Å². The van der Waals surface area contributed by atoms with E-state index in [0.29, 0.717) is 41.5 Å². The first-order valence-corrected chi connectivity index (χ1v) is 9.30. The molecular formula is C22H23NO6. The highest BCUT2D eigenvalue weighted by Gasteiger charge is 2.25. The van der Waals surface area contributed by atoms with Gasteiger partial charge in [0.2, 0.25) is 5.78 Å². The van der Waals surface area contributed by atoms with Gasteiger partial charge in [-0.3, -0.25) is 9.59 Å². The van der Waals surface area contributed by atoms with E-state index in [1.807, 2.05) is 0 Å². The number of hydrogen-bond donors (Lipinski definition) is 1. The van der Waals surface area contributed by atoms with Gasteiger partial charge in [0.25, 0.3) is 0 Å². The second kappa shape index (κ2) is 8.34. The van der Waals surface area contributed by atoms with Gasteiger partial charge in [0.1, 0.15) is 13.2 Å². The molecule has 1 atom stereocenters. The fourth-order valence-electron chi connectivity index (χ4n) is 3.32. The highest BCUT2D eigenvalue weighted by molar-refractivity contribution is 6.05. The highest BCUT2D eigenvalue weighted by Crippen LogP contribution is 2.31. The number of ketones is 2.